The van der Waals surface area contributed by atoms with Gasteiger partial charge in [0.05, 0.1) is 30.5 Å². The summed E-state index contributed by atoms with van der Waals surface area (Å²) >= 11 is 0. The summed E-state index contributed by atoms with van der Waals surface area (Å²) in [4.78, 5) is 12.9. The number of carbonyl (C=O) groups excluding carboxylic acids is 1. The van der Waals surface area contributed by atoms with Crippen LogP contribution in [-0.2, 0) is 14.8 Å². The molecule has 8 nitrogen and oxygen atoms in total. The molecule has 0 heterocycles. The molecule has 35 heavy (non-hydrogen) atoms. The van der Waals surface area contributed by atoms with Crippen LogP contribution in [0.15, 0.2) is 76.7 Å². The summed E-state index contributed by atoms with van der Waals surface area (Å²) in [5.74, 6) is 0.518. The third kappa shape index (κ3) is 6.19. The number of hydrazone groups is 1. The van der Waals surface area contributed by atoms with Crippen molar-refractivity contribution in [1.29, 1.82) is 0 Å². The van der Waals surface area contributed by atoms with Gasteiger partial charge in [0.2, 0.25) is 0 Å². The Morgan fingerprint density at radius 3 is 2.03 bits per heavy atom. The number of methoxy groups -OCH3 is 2. The number of nitrogens with zero attached hydrogens (tertiary/aromatic N) is 2. The zero-order valence-electron chi connectivity index (χ0n) is 20.4. The number of benzene rings is 3. The third-order valence-electron chi connectivity index (χ3n) is 5.37. The van der Waals surface area contributed by atoms with E-state index in [9.17, 15) is 13.2 Å². The van der Waals surface area contributed by atoms with Gasteiger partial charge in [0, 0.05) is 5.56 Å². The standard InChI is InChI=1S/C26H29N3O5S/c1-18-6-11-22(12-7-18)29(35(31,32)23-13-8-19(2)9-14-23)17-26(30)28-27-20(3)21-10-15-24(33-4)25(16-21)34-5/h6-16H,17H2,1-5H3,(H,28,30)/b27-20-. The molecule has 0 atom stereocenters. The van der Waals surface area contributed by atoms with Crippen LogP contribution in [0.3, 0.4) is 0 Å². The number of aryl methyl sites for hydroxylation is 2. The highest BCUT2D eigenvalue weighted by Gasteiger charge is 2.27. The fourth-order valence-electron chi connectivity index (χ4n) is 3.30. The van der Waals surface area contributed by atoms with Crippen LogP contribution in [0.2, 0.25) is 0 Å². The highest BCUT2D eigenvalue weighted by Crippen LogP contribution is 2.28. The van der Waals surface area contributed by atoms with E-state index in [0.717, 1.165) is 15.4 Å². The summed E-state index contributed by atoms with van der Waals surface area (Å²) in [6, 6.07) is 18.7. The summed E-state index contributed by atoms with van der Waals surface area (Å²) in [7, 11) is -0.916. The first-order chi connectivity index (χ1) is 16.6. The van der Waals surface area contributed by atoms with Gasteiger partial charge in [0.25, 0.3) is 15.9 Å². The van der Waals surface area contributed by atoms with E-state index in [2.05, 4.69) is 10.5 Å². The van der Waals surface area contributed by atoms with Gasteiger partial charge in [0.15, 0.2) is 11.5 Å². The fourth-order valence-corrected chi connectivity index (χ4v) is 4.72. The van der Waals surface area contributed by atoms with E-state index in [0.29, 0.717) is 28.5 Å². The number of ether oxygens (including phenoxy) is 2. The fraction of sp³-hybridized carbons (Fsp3) is 0.231. The van der Waals surface area contributed by atoms with Crippen LogP contribution in [0.1, 0.15) is 23.6 Å². The van der Waals surface area contributed by atoms with Gasteiger partial charge in [-0.05, 0) is 63.2 Å². The van der Waals surface area contributed by atoms with Gasteiger partial charge in [0.1, 0.15) is 6.54 Å². The monoisotopic (exact) mass is 495 g/mol. The molecule has 184 valence electrons. The van der Waals surface area contributed by atoms with E-state index in [-0.39, 0.29) is 4.90 Å². The Morgan fingerprint density at radius 2 is 1.46 bits per heavy atom. The lowest BCUT2D eigenvalue weighted by atomic mass is 10.1. The van der Waals surface area contributed by atoms with E-state index in [1.54, 1.807) is 68.6 Å². The van der Waals surface area contributed by atoms with Crippen molar-refractivity contribution in [3.05, 3.63) is 83.4 Å². The van der Waals surface area contributed by atoms with Crippen molar-refractivity contribution >= 4 is 27.3 Å². The number of hydrogen-bond acceptors (Lipinski definition) is 6. The van der Waals surface area contributed by atoms with Crippen molar-refractivity contribution in [1.82, 2.24) is 5.43 Å². The molecule has 0 aliphatic heterocycles. The van der Waals surface area contributed by atoms with Gasteiger partial charge in [-0.1, -0.05) is 35.4 Å². The van der Waals surface area contributed by atoms with Crippen molar-refractivity contribution in [3.63, 3.8) is 0 Å². The first kappa shape index (κ1) is 25.8. The van der Waals surface area contributed by atoms with Crippen LogP contribution >= 0.6 is 0 Å². The molecule has 0 aliphatic carbocycles. The molecule has 3 rings (SSSR count). The van der Waals surface area contributed by atoms with E-state index in [1.165, 1.54) is 19.2 Å². The van der Waals surface area contributed by atoms with Crippen molar-refractivity contribution < 1.29 is 22.7 Å². The Kier molecular flexibility index (Phi) is 8.14. The summed E-state index contributed by atoms with van der Waals surface area (Å²) in [5, 5.41) is 4.15. The van der Waals surface area contributed by atoms with Crippen molar-refractivity contribution in [2.24, 2.45) is 5.10 Å². The quantitative estimate of drug-likeness (QED) is 0.357. The lowest BCUT2D eigenvalue weighted by molar-refractivity contribution is -0.119. The molecule has 0 saturated carbocycles. The van der Waals surface area contributed by atoms with Gasteiger partial charge < -0.3 is 9.47 Å². The second kappa shape index (κ2) is 11.1. The Labute approximate surface area is 206 Å². The summed E-state index contributed by atoms with van der Waals surface area (Å²) in [6.07, 6.45) is 0. The molecule has 0 saturated heterocycles. The van der Waals surface area contributed by atoms with E-state index < -0.39 is 22.5 Å². The smallest absolute Gasteiger partial charge is 0.264 e. The number of anilines is 1. The molecule has 0 bridgehead atoms. The molecular weight excluding hydrogens is 466 g/mol. The highest BCUT2D eigenvalue weighted by atomic mass is 32.2. The minimum absolute atomic E-state index is 0.0986. The number of rotatable bonds is 9. The van der Waals surface area contributed by atoms with Gasteiger partial charge in [-0.2, -0.15) is 5.10 Å². The van der Waals surface area contributed by atoms with Crippen molar-refractivity contribution in [2.75, 3.05) is 25.1 Å². The minimum Gasteiger partial charge on any atom is -0.493 e. The molecule has 0 unspecified atom stereocenters. The average Bonchev–Trinajstić information content (AvgIpc) is 2.86. The van der Waals surface area contributed by atoms with Gasteiger partial charge in [-0.15, -0.1) is 0 Å². The second-order valence-electron chi connectivity index (χ2n) is 7.96. The Balaban J connectivity index is 1.85. The molecule has 1 N–H and O–H groups in total. The molecule has 3 aromatic carbocycles. The predicted octanol–water partition coefficient (Wildman–Crippen LogP) is 4.06. The van der Waals surface area contributed by atoms with Crippen molar-refractivity contribution in [2.45, 2.75) is 25.7 Å². The molecule has 3 aromatic rings. The highest BCUT2D eigenvalue weighted by molar-refractivity contribution is 7.92. The number of nitrogens with one attached hydrogen (secondary N) is 1. The molecule has 0 radical (unpaired) electrons. The lowest BCUT2D eigenvalue weighted by Gasteiger charge is -2.24. The zero-order chi connectivity index (χ0) is 25.6. The molecule has 9 heteroatoms. The van der Waals surface area contributed by atoms with Crippen LogP contribution in [0.25, 0.3) is 0 Å². The summed E-state index contributed by atoms with van der Waals surface area (Å²) in [6.45, 7) is 5.06. The summed E-state index contributed by atoms with van der Waals surface area (Å²) < 4.78 is 38.5. The van der Waals surface area contributed by atoms with E-state index in [4.69, 9.17) is 9.47 Å². The maximum absolute atomic E-state index is 13.4. The Hall–Kier alpha value is -3.85. The normalized spacial score (nSPS) is 11.6. The van der Waals surface area contributed by atoms with E-state index >= 15 is 0 Å². The molecular formula is C26H29N3O5S. The maximum atomic E-state index is 13.4. The van der Waals surface area contributed by atoms with Crippen molar-refractivity contribution in [3.8, 4) is 11.5 Å². The first-order valence-electron chi connectivity index (χ1n) is 10.9. The van der Waals surface area contributed by atoms with Crippen LogP contribution in [0, 0.1) is 13.8 Å². The molecule has 1 amide bonds. The van der Waals surface area contributed by atoms with Crippen LogP contribution < -0.4 is 19.2 Å². The Morgan fingerprint density at radius 1 is 0.886 bits per heavy atom. The number of amides is 1. The zero-order valence-corrected chi connectivity index (χ0v) is 21.2. The maximum Gasteiger partial charge on any atom is 0.264 e. The molecule has 0 spiro atoms. The van der Waals surface area contributed by atoms with Gasteiger partial charge in [-0.3, -0.25) is 9.10 Å². The topological polar surface area (TPSA) is 97.3 Å². The molecule has 0 aromatic heterocycles. The number of sulfonamides is 1. The SMILES string of the molecule is COc1ccc(/C(C)=N\NC(=O)CN(c2ccc(C)cc2)S(=O)(=O)c2ccc(C)cc2)cc1OC. The van der Waals surface area contributed by atoms with Crippen LogP contribution in [-0.4, -0.2) is 40.8 Å². The second-order valence-corrected chi connectivity index (χ2v) is 9.82. The van der Waals surface area contributed by atoms with Crippen LogP contribution in [0.4, 0.5) is 5.69 Å². The molecule has 0 aliphatic rings. The van der Waals surface area contributed by atoms with Gasteiger partial charge in [-0.25, -0.2) is 13.8 Å². The largest absolute Gasteiger partial charge is 0.493 e. The minimum atomic E-state index is -3.99. The van der Waals surface area contributed by atoms with Gasteiger partial charge >= 0.3 is 0 Å². The lowest BCUT2D eigenvalue weighted by Crippen LogP contribution is -2.39. The summed E-state index contributed by atoms with van der Waals surface area (Å²) in [5.41, 5.74) is 5.98. The predicted molar refractivity (Wildman–Crippen MR) is 137 cm³/mol. The molecule has 0 fully saturated rings. The average molecular weight is 496 g/mol. The first-order valence-corrected chi connectivity index (χ1v) is 12.3. The number of hydrogen-bond donors (Lipinski definition) is 1. The van der Waals surface area contributed by atoms with E-state index in [1.807, 2.05) is 13.8 Å². The van der Waals surface area contributed by atoms with Crippen LogP contribution in [0.5, 0.6) is 11.5 Å². The Bertz CT molecular complexity index is 1320. The third-order valence-corrected chi connectivity index (χ3v) is 7.16. The number of carbonyl (C=O) groups is 1.